The highest BCUT2D eigenvalue weighted by Crippen LogP contribution is 2.32. The van der Waals surface area contributed by atoms with Gasteiger partial charge in [0.25, 0.3) is 5.91 Å². The summed E-state index contributed by atoms with van der Waals surface area (Å²) in [4.78, 5) is 36.1. The zero-order chi connectivity index (χ0) is 17.5. The number of ether oxygens (including phenoxy) is 1. The van der Waals surface area contributed by atoms with Crippen LogP contribution in [0, 0.1) is 0 Å². The molecule has 1 aromatic rings. The van der Waals surface area contributed by atoms with Gasteiger partial charge in [-0.15, -0.1) is 0 Å². The van der Waals surface area contributed by atoms with Crippen LogP contribution < -0.4 is 10.6 Å². The van der Waals surface area contributed by atoms with Crippen LogP contribution in [0.15, 0.2) is 12.3 Å². The molecule has 2 unspecified atom stereocenters. The van der Waals surface area contributed by atoms with E-state index in [9.17, 15) is 9.59 Å². The second-order valence-electron chi connectivity index (χ2n) is 7.28. The Hall–Kier alpha value is -2.38. The van der Waals surface area contributed by atoms with E-state index in [4.69, 9.17) is 10.5 Å². The van der Waals surface area contributed by atoms with Crippen LogP contribution in [0.4, 0.5) is 10.7 Å². The fourth-order valence-electron chi connectivity index (χ4n) is 3.32. The summed E-state index contributed by atoms with van der Waals surface area (Å²) >= 11 is 0. The maximum atomic E-state index is 12.5. The van der Waals surface area contributed by atoms with Gasteiger partial charge >= 0.3 is 6.09 Å². The summed E-state index contributed by atoms with van der Waals surface area (Å²) in [6.45, 7) is 6.85. The van der Waals surface area contributed by atoms with Crippen molar-refractivity contribution in [1.82, 2.24) is 14.9 Å². The fraction of sp³-hybridized carbons (Fsp3) is 0.625. The molecule has 2 bridgehead atoms. The van der Waals surface area contributed by atoms with Crippen LogP contribution >= 0.6 is 0 Å². The third-order valence-corrected chi connectivity index (χ3v) is 4.26. The van der Waals surface area contributed by atoms with E-state index in [1.165, 1.54) is 12.3 Å². The maximum absolute atomic E-state index is 12.5. The first kappa shape index (κ1) is 16.5. The normalized spacial score (nSPS) is 23.3. The van der Waals surface area contributed by atoms with Gasteiger partial charge in [0.2, 0.25) is 5.95 Å². The van der Waals surface area contributed by atoms with Gasteiger partial charge in [-0.05, 0) is 39.7 Å². The van der Waals surface area contributed by atoms with Gasteiger partial charge in [0, 0.05) is 19.3 Å². The molecule has 8 heteroatoms. The van der Waals surface area contributed by atoms with Gasteiger partial charge in [0.15, 0.2) is 0 Å². The minimum atomic E-state index is -0.575. The van der Waals surface area contributed by atoms with Gasteiger partial charge < -0.3 is 15.4 Å². The lowest BCUT2D eigenvalue weighted by Gasteiger charge is -2.41. The number of fused-ring (bicyclic) bond motifs is 2. The summed E-state index contributed by atoms with van der Waals surface area (Å²) in [6, 6.07) is 1.64. The lowest BCUT2D eigenvalue weighted by molar-refractivity contribution is 0.0122. The SMILES string of the molecule is CC(C)(C)OC(=O)N1C2CCC1CN(c1nccc(C(N)=O)n1)C2. The molecule has 24 heavy (non-hydrogen) atoms. The molecular weight excluding hydrogens is 310 g/mol. The summed E-state index contributed by atoms with van der Waals surface area (Å²) in [5.74, 6) is -0.0962. The van der Waals surface area contributed by atoms with Crippen molar-refractivity contribution in [1.29, 1.82) is 0 Å². The second kappa shape index (κ2) is 5.92. The molecule has 0 radical (unpaired) electrons. The van der Waals surface area contributed by atoms with Crippen molar-refractivity contribution in [2.45, 2.75) is 51.3 Å². The number of hydrogen-bond acceptors (Lipinski definition) is 6. The van der Waals surface area contributed by atoms with E-state index in [0.717, 1.165) is 12.8 Å². The van der Waals surface area contributed by atoms with Crippen molar-refractivity contribution in [2.24, 2.45) is 5.73 Å². The molecule has 0 saturated carbocycles. The van der Waals surface area contributed by atoms with E-state index in [1.807, 2.05) is 30.6 Å². The monoisotopic (exact) mass is 333 g/mol. The number of primary amides is 1. The van der Waals surface area contributed by atoms with Gasteiger partial charge in [0.05, 0.1) is 12.1 Å². The van der Waals surface area contributed by atoms with Crippen LogP contribution in [0.3, 0.4) is 0 Å². The van der Waals surface area contributed by atoms with Crippen LogP contribution in [-0.4, -0.2) is 57.6 Å². The standard InChI is InChI=1S/C16H23N5O3/c1-16(2,3)24-15(23)21-10-4-5-11(21)9-20(8-10)14-18-7-6-12(19-14)13(17)22/h6-7,10-11H,4-5,8-9H2,1-3H3,(H2,17,22). The Balaban J connectivity index is 1.74. The largest absolute Gasteiger partial charge is 0.444 e. The highest BCUT2D eigenvalue weighted by Gasteiger charge is 2.44. The predicted octanol–water partition coefficient (Wildman–Crippen LogP) is 1.16. The molecule has 2 N–H and O–H groups in total. The Morgan fingerprint density at radius 3 is 2.42 bits per heavy atom. The number of carbonyl (C=O) groups is 2. The average Bonchev–Trinajstić information content (AvgIpc) is 2.76. The van der Waals surface area contributed by atoms with E-state index in [1.54, 1.807) is 0 Å². The topological polar surface area (TPSA) is 102 Å². The average molecular weight is 333 g/mol. The minimum absolute atomic E-state index is 0.0689. The summed E-state index contributed by atoms with van der Waals surface area (Å²) in [7, 11) is 0. The Kier molecular flexibility index (Phi) is 4.06. The van der Waals surface area contributed by atoms with Crippen LogP contribution in [0.1, 0.15) is 44.1 Å². The van der Waals surface area contributed by atoms with Gasteiger partial charge in [-0.25, -0.2) is 14.8 Å². The molecule has 130 valence electrons. The number of piperazine rings is 1. The number of amides is 2. The smallest absolute Gasteiger partial charge is 0.410 e. The Bertz CT molecular complexity index is 643. The molecule has 2 saturated heterocycles. The lowest BCUT2D eigenvalue weighted by Crippen LogP contribution is -2.57. The Morgan fingerprint density at radius 1 is 1.25 bits per heavy atom. The predicted molar refractivity (Wildman–Crippen MR) is 87.6 cm³/mol. The van der Waals surface area contributed by atoms with Gasteiger partial charge in [-0.3, -0.25) is 9.69 Å². The summed E-state index contributed by atoms with van der Waals surface area (Å²) in [5.41, 5.74) is 4.97. The molecule has 2 amide bonds. The number of hydrogen-bond donors (Lipinski definition) is 1. The minimum Gasteiger partial charge on any atom is -0.444 e. The van der Waals surface area contributed by atoms with E-state index >= 15 is 0 Å². The highest BCUT2D eigenvalue weighted by molar-refractivity contribution is 5.90. The fourth-order valence-corrected chi connectivity index (χ4v) is 3.32. The van der Waals surface area contributed by atoms with Crippen LogP contribution in [0.25, 0.3) is 0 Å². The van der Waals surface area contributed by atoms with Crippen molar-refractivity contribution in [3.8, 4) is 0 Å². The first-order chi connectivity index (χ1) is 11.2. The Labute approximate surface area is 141 Å². The zero-order valence-corrected chi connectivity index (χ0v) is 14.2. The molecule has 2 aliphatic rings. The van der Waals surface area contributed by atoms with Gasteiger partial charge in [-0.1, -0.05) is 0 Å². The van der Waals surface area contributed by atoms with E-state index in [2.05, 4.69) is 9.97 Å². The molecule has 0 spiro atoms. The molecule has 2 atom stereocenters. The van der Waals surface area contributed by atoms with Crippen molar-refractivity contribution in [3.05, 3.63) is 18.0 Å². The first-order valence-electron chi connectivity index (χ1n) is 8.14. The number of nitrogens with two attached hydrogens (primary N) is 1. The molecule has 3 rings (SSSR count). The summed E-state index contributed by atoms with van der Waals surface area (Å²) < 4.78 is 5.53. The quantitative estimate of drug-likeness (QED) is 0.871. The third kappa shape index (κ3) is 3.27. The lowest BCUT2D eigenvalue weighted by atomic mass is 10.2. The van der Waals surface area contributed by atoms with Gasteiger partial charge in [0.1, 0.15) is 11.3 Å². The van der Waals surface area contributed by atoms with E-state index in [-0.39, 0.29) is 23.9 Å². The van der Waals surface area contributed by atoms with Crippen LogP contribution in [0.2, 0.25) is 0 Å². The number of aromatic nitrogens is 2. The Morgan fingerprint density at radius 2 is 1.88 bits per heavy atom. The number of anilines is 1. The van der Waals surface area contributed by atoms with Crippen molar-refractivity contribution in [3.63, 3.8) is 0 Å². The molecule has 2 fully saturated rings. The number of rotatable bonds is 2. The molecule has 8 nitrogen and oxygen atoms in total. The molecule has 1 aromatic heterocycles. The van der Waals surface area contributed by atoms with Crippen LogP contribution in [-0.2, 0) is 4.74 Å². The van der Waals surface area contributed by atoms with E-state index < -0.39 is 11.5 Å². The second-order valence-corrected chi connectivity index (χ2v) is 7.28. The van der Waals surface area contributed by atoms with Crippen LogP contribution in [0.5, 0.6) is 0 Å². The van der Waals surface area contributed by atoms with Gasteiger partial charge in [-0.2, -0.15) is 0 Å². The number of carbonyl (C=O) groups excluding carboxylic acids is 2. The third-order valence-electron chi connectivity index (χ3n) is 4.26. The van der Waals surface area contributed by atoms with E-state index in [0.29, 0.717) is 19.0 Å². The molecule has 2 aliphatic heterocycles. The van der Waals surface area contributed by atoms with Crippen molar-refractivity contribution < 1.29 is 14.3 Å². The summed E-state index contributed by atoms with van der Waals surface area (Å²) in [6.07, 6.45) is 3.12. The summed E-state index contributed by atoms with van der Waals surface area (Å²) in [5, 5.41) is 0. The number of nitrogens with zero attached hydrogens (tertiary/aromatic N) is 4. The maximum Gasteiger partial charge on any atom is 0.410 e. The molecule has 3 heterocycles. The van der Waals surface area contributed by atoms with Crippen molar-refractivity contribution >= 4 is 17.9 Å². The molecular formula is C16H23N5O3. The molecule has 0 aromatic carbocycles. The molecule has 0 aliphatic carbocycles. The first-order valence-corrected chi connectivity index (χ1v) is 8.14. The highest BCUT2D eigenvalue weighted by atomic mass is 16.6. The zero-order valence-electron chi connectivity index (χ0n) is 14.2. The van der Waals surface area contributed by atoms with Crippen molar-refractivity contribution in [2.75, 3.05) is 18.0 Å².